The van der Waals surface area contributed by atoms with Crippen molar-refractivity contribution in [3.8, 4) is 0 Å². The van der Waals surface area contributed by atoms with Crippen LogP contribution in [0.4, 0.5) is 19.0 Å². The average Bonchev–Trinajstić information content (AvgIpc) is 2.48. The molecule has 0 aliphatic heterocycles. The molecule has 0 aromatic carbocycles. The molecule has 6 nitrogen and oxygen atoms in total. The van der Waals surface area contributed by atoms with E-state index in [9.17, 15) is 18.0 Å². The predicted molar refractivity (Wildman–Crippen MR) is 102 cm³/mol. The molecule has 25 heavy (non-hydrogen) atoms. The van der Waals surface area contributed by atoms with Crippen LogP contribution in [0.25, 0.3) is 0 Å². The number of hydrogen-bond acceptors (Lipinski definition) is 3. The molecule has 10 heteroatoms. The number of carbonyl (C=O) groups is 1. The van der Waals surface area contributed by atoms with Crippen LogP contribution in [0.5, 0.6) is 0 Å². The van der Waals surface area contributed by atoms with Crippen molar-refractivity contribution in [3.05, 3.63) is 23.9 Å². The van der Waals surface area contributed by atoms with E-state index < -0.39 is 12.6 Å². The van der Waals surface area contributed by atoms with Crippen molar-refractivity contribution in [1.29, 1.82) is 0 Å². The molecule has 0 aliphatic carbocycles. The third-order valence-electron chi connectivity index (χ3n) is 2.83. The molecular weight excluding hydrogens is 450 g/mol. The number of nitrogens with zero attached hydrogens (tertiary/aromatic N) is 2. The van der Waals surface area contributed by atoms with Crippen LogP contribution in [0.2, 0.25) is 0 Å². The van der Waals surface area contributed by atoms with Crippen LogP contribution in [-0.4, -0.2) is 42.7 Å². The molecule has 3 N–H and O–H groups in total. The number of halogens is 4. The highest BCUT2D eigenvalue weighted by molar-refractivity contribution is 14.0. The normalized spacial score (nSPS) is 11.5. The summed E-state index contributed by atoms with van der Waals surface area (Å²) in [7, 11) is 0. The largest absolute Gasteiger partial charge is 0.390 e. The molecule has 0 saturated heterocycles. The van der Waals surface area contributed by atoms with Crippen LogP contribution >= 0.6 is 24.0 Å². The van der Waals surface area contributed by atoms with Crippen molar-refractivity contribution in [2.45, 2.75) is 32.9 Å². The van der Waals surface area contributed by atoms with Gasteiger partial charge in [0, 0.05) is 25.7 Å². The van der Waals surface area contributed by atoms with E-state index in [1.807, 2.05) is 13.0 Å². The lowest BCUT2D eigenvalue weighted by molar-refractivity contribution is -0.132. The Balaban J connectivity index is 0.00000576. The van der Waals surface area contributed by atoms with Crippen LogP contribution in [0.15, 0.2) is 23.3 Å². The van der Waals surface area contributed by atoms with Crippen molar-refractivity contribution in [3.63, 3.8) is 0 Å². The molecule has 0 fully saturated rings. The van der Waals surface area contributed by atoms with Gasteiger partial charge in [-0.15, -0.1) is 24.0 Å². The minimum atomic E-state index is -4.23. The molecule has 1 aromatic rings. The van der Waals surface area contributed by atoms with Crippen molar-refractivity contribution in [2.75, 3.05) is 25.0 Å². The summed E-state index contributed by atoms with van der Waals surface area (Å²) in [6, 6.07) is 3.53. The van der Waals surface area contributed by atoms with E-state index in [1.54, 1.807) is 19.2 Å². The number of rotatable bonds is 7. The summed E-state index contributed by atoms with van der Waals surface area (Å²) in [6.45, 7) is 4.09. The summed E-state index contributed by atoms with van der Waals surface area (Å²) in [6.07, 6.45) is -3.44. The first-order valence-electron chi connectivity index (χ1n) is 7.61. The molecule has 142 valence electrons. The van der Waals surface area contributed by atoms with Crippen LogP contribution in [0.3, 0.4) is 0 Å². The maximum atomic E-state index is 12.1. The fraction of sp³-hybridized carbons (Fsp3) is 0.533. The molecule has 0 saturated carbocycles. The Morgan fingerprint density at radius 2 is 2.00 bits per heavy atom. The Labute approximate surface area is 162 Å². The van der Waals surface area contributed by atoms with Gasteiger partial charge >= 0.3 is 6.18 Å². The van der Waals surface area contributed by atoms with Gasteiger partial charge in [-0.05, 0) is 25.5 Å². The first-order valence-corrected chi connectivity index (χ1v) is 7.61. The Hall–Kier alpha value is -1.59. The molecule has 1 heterocycles. The van der Waals surface area contributed by atoms with Crippen molar-refractivity contribution < 1.29 is 18.0 Å². The highest BCUT2D eigenvalue weighted by Gasteiger charge is 2.26. The number of guanidine groups is 1. The minimum absolute atomic E-state index is 0. The Morgan fingerprint density at radius 3 is 2.56 bits per heavy atom. The van der Waals surface area contributed by atoms with Crippen LogP contribution < -0.4 is 16.0 Å². The number of anilines is 1. The number of nitrogens with one attached hydrogen (secondary N) is 3. The smallest absolute Gasteiger partial charge is 0.357 e. The molecule has 0 unspecified atom stereocenters. The molecular formula is C15H23F3IN5O. The second-order valence-electron chi connectivity index (χ2n) is 5.07. The van der Waals surface area contributed by atoms with Gasteiger partial charge in [-0.25, -0.2) is 4.98 Å². The predicted octanol–water partition coefficient (Wildman–Crippen LogP) is 2.84. The molecule has 1 amide bonds. The number of hydrogen-bond donors (Lipinski definition) is 3. The van der Waals surface area contributed by atoms with Gasteiger partial charge in [-0.1, -0.05) is 6.07 Å². The second kappa shape index (κ2) is 11.9. The van der Waals surface area contributed by atoms with Crippen LogP contribution in [0, 0.1) is 6.92 Å². The SMILES string of the molecule is CCNC(=NCCC(F)(F)F)NCCC(=O)Nc1ccc(C)cn1.I. The molecule has 0 atom stereocenters. The van der Waals surface area contributed by atoms with Crippen molar-refractivity contribution >= 4 is 41.7 Å². The molecule has 1 aromatic heterocycles. The number of aliphatic imine (C=N–C) groups is 1. The maximum Gasteiger partial charge on any atom is 0.390 e. The third kappa shape index (κ3) is 11.6. The van der Waals surface area contributed by atoms with Gasteiger partial charge in [0.05, 0.1) is 13.0 Å². The topological polar surface area (TPSA) is 78.4 Å². The van der Waals surface area contributed by atoms with E-state index >= 15 is 0 Å². The fourth-order valence-electron chi connectivity index (χ4n) is 1.68. The van der Waals surface area contributed by atoms with Gasteiger partial charge in [0.2, 0.25) is 5.91 Å². The fourth-order valence-corrected chi connectivity index (χ4v) is 1.68. The van der Waals surface area contributed by atoms with Crippen molar-refractivity contribution in [1.82, 2.24) is 15.6 Å². The molecule has 0 aliphatic rings. The van der Waals surface area contributed by atoms with Crippen LogP contribution in [-0.2, 0) is 4.79 Å². The van der Waals surface area contributed by atoms with E-state index in [1.165, 1.54) is 0 Å². The van der Waals surface area contributed by atoms with E-state index in [0.29, 0.717) is 12.4 Å². The number of aryl methyl sites for hydroxylation is 1. The molecule has 0 radical (unpaired) electrons. The van der Waals surface area contributed by atoms with Gasteiger partial charge in [-0.3, -0.25) is 9.79 Å². The third-order valence-corrected chi connectivity index (χ3v) is 2.83. The number of alkyl halides is 3. The van der Waals surface area contributed by atoms with Gasteiger partial charge in [0.1, 0.15) is 5.82 Å². The van der Waals surface area contributed by atoms with Crippen molar-refractivity contribution in [2.24, 2.45) is 4.99 Å². The number of pyridine rings is 1. The quantitative estimate of drug-likeness (QED) is 0.324. The van der Waals surface area contributed by atoms with E-state index in [0.717, 1.165) is 5.56 Å². The number of carbonyl (C=O) groups excluding carboxylic acids is 1. The summed E-state index contributed by atoms with van der Waals surface area (Å²) in [4.78, 5) is 19.7. The standard InChI is InChI=1S/C15H22F3N5O.HI/c1-3-19-14(21-9-7-15(16,17)18)20-8-6-13(24)23-12-5-4-11(2)10-22-12;/h4-5,10H,3,6-9H2,1-2H3,(H2,19,20,21)(H,22,23,24);1H. The summed E-state index contributed by atoms with van der Waals surface area (Å²) in [5.41, 5.74) is 0.986. The van der Waals surface area contributed by atoms with Gasteiger partial charge < -0.3 is 16.0 Å². The van der Waals surface area contributed by atoms with Gasteiger partial charge in [-0.2, -0.15) is 13.2 Å². The Morgan fingerprint density at radius 1 is 1.28 bits per heavy atom. The first kappa shape index (κ1) is 23.4. The zero-order chi connectivity index (χ0) is 18.0. The first-order chi connectivity index (χ1) is 11.3. The summed E-state index contributed by atoms with van der Waals surface area (Å²) < 4.78 is 36.3. The van der Waals surface area contributed by atoms with E-state index in [-0.39, 0.29) is 55.4 Å². The Bertz CT molecular complexity index is 549. The second-order valence-corrected chi connectivity index (χ2v) is 5.07. The average molecular weight is 473 g/mol. The molecule has 0 bridgehead atoms. The lowest BCUT2D eigenvalue weighted by atomic mass is 10.3. The summed E-state index contributed by atoms with van der Waals surface area (Å²) in [5, 5.41) is 8.29. The number of aromatic nitrogens is 1. The molecule has 1 rings (SSSR count). The summed E-state index contributed by atoms with van der Waals surface area (Å²) >= 11 is 0. The van der Waals surface area contributed by atoms with Gasteiger partial charge in [0.15, 0.2) is 5.96 Å². The highest BCUT2D eigenvalue weighted by atomic mass is 127. The summed E-state index contributed by atoms with van der Waals surface area (Å²) in [5.74, 6) is 0.462. The minimum Gasteiger partial charge on any atom is -0.357 e. The maximum absolute atomic E-state index is 12.1. The lowest BCUT2D eigenvalue weighted by Gasteiger charge is -2.11. The van der Waals surface area contributed by atoms with Crippen LogP contribution in [0.1, 0.15) is 25.3 Å². The zero-order valence-corrected chi connectivity index (χ0v) is 16.4. The van der Waals surface area contributed by atoms with E-state index in [4.69, 9.17) is 0 Å². The zero-order valence-electron chi connectivity index (χ0n) is 14.1. The Kier molecular flexibility index (Phi) is 11.1. The van der Waals surface area contributed by atoms with Gasteiger partial charge in [0.25, 0.3) is 0 Å². The highest BCUT2D eigenvalue weighted by Crippen LogP contribution is 2.18. The lowest BCUT2D eigenvalue weighted by Crippen LogP contribution is -2.39. The monoisotopic (exact) mass is 473 g/mol. The van der Waals surface area contributed by atoms with E-state index in [2.05, 4.69) is 25.9 Å². The number of amides is 1. The molecule has 0 spiro atoms.